The molecule has 6 heteroatoms. The van der Waals surface area contributed by atoms with Gasteiger partial charge in [-0.2, -0.15) is 13.2 Å². The second-order valence-electron chi connectivity index (χ2n) is 7.58. The Balaban J connectivity index is 1.35. The van der Waals surface area contributed by atoms with Gasteiger partial charge in [-0.15, -0.1) is 11.3 Å². The lowest BCUT2D eigenvalue weighted by Crippen LogP contribution is -2.09. The topological polar surface area (TPSA) is 22.1 Å². The van der Waals surface area contributed by atoms with E-state index < -0.39 is 12.6 Å². The average Bonchev–Trinajstić information content (AvgIpc) is 3.19. The summed E-state index contributed by atoms with van der Waals surface area (Å²) >= 11 is 1.69. The number of alkyl halides is 3. The summed E-state index contributed by atoms with van der Waals surface area (Å²) in [5.74, 6) is 0.569. The molecule has 0 amide bonds. The highest BCUT2D eigenvalue weighted by atomic mass is 32.1. The molecule has 0 fully saturated rings. The van der Waals surface area contributed by atoms with Gasteiger partial charge < -0.3 is 4.74 Å². The Hall–Kier alpha value is -3.12. The van der Waals surface area contributed by atoms with Crippen LogP contribution in [0.3, 0.4) is 0 Å². The summed E-state index contributed by atoms with van der Waals surface area (Å²) in [5, 5.41) is 1.01. The molecule has 1 aromatic heterocycles. The minimum Gasteiger partial charge on any atom is -0.494 e. The number of aryl methyl sites for hydroxylation is 1. The van der Waals surface area contributed by atoms with Gasteiger partial charge in [-0.05, 0) is 54.3 Å². The van der Waals surface area contributed by atoms with Gasteiger partial charge in [0.05, 0.1) is 16.8 Å². The van der Waals surface area contributed by atoms with Crippen molar-refractivity contribution in [2.45, 2.75) is 25.9 Å². The first-order valence-electron chi connectivity index (χ1n) is 10.3. The first-order valence-corrected chi connectivity index (χ1v) is 11.1. The van der Waals surface area contributed by atoms with E-state index in [9.17, 15) is 13.2 Å². The third kappa shape index (κ3) is 5.98. The molecule has 32 heavy (non-hydrogen) atoms. The molecule has 0 bridgehead atoms. The maximum atomic E-state index is 12.2. The lowest BCUT2D eigenvalue weighted by molar-refractivity contribution is -0.136. The van der Waals surface area contributed by atoms with E-state index in [4.69, 9.17) is 9.72 Å². The highest BCUT2D eigenvalue weighted by Gasteiger charge is 2.26. The van der Waals surface area contributed by atoms with E-state index in [1.165, 1.54) is 10.3 Å². The van der Waals surface area contributed by atoms with Crippen LogP contribution in [0.4, 0.5) is 13.2 Å². The summed E-state index contributed by atoms with van der Waals surface area (Å²) in [4.78, 5) is 4.73. The van der Waals surface area contributed by atoms with Crippen LogP contribution in [0.25, 0.3) is 32.9 Å². The van der Waals surface area contributed by atoms with Gasteiger partial charge in [0.1, 0.15) is 10.8 Å². The van der Waals surface area contributed by atoms with Crippen LogP contribution in [0, 0.1) is 6.92 Å². The van der Waals surface area contributed by atoms with Gasteiger partial charge in [-0.3, -0.25) is 0 Å². The minimum absolute atomic E-state index is 0.0438. The van der Waals surface area contributed by atoms with Gasteiger partial charge in [-0.25, -0.2) is 4.98 Å². The number of rotatable bonds is 7. The normalized spacial score (nSPS) is 12.0. The van der Waals surface area contributed by atoms with E-state index in [2.05, 4.69) is 49.4 Å². The third-order valence-corrected chi connectivity index (χ3v) is 5.99. The maximum absolute atomic E-state index is 12.2. The Morgan fingerprint density at radius 3 is 2.22 bits per heavy atom. The van der Waals surface area contributed by atoms with Gasteiger partial charge in [0.2, 0.25) is 0 Å². The zero-order valence-corrected chi connectivity index (χ0v) is 18.3. The highest BCUT2D eigenvalue weighted by molar-refractivity contribution is 7.21. The van der Waals surface area contributed by atoms with Crippen molar-refractivity contribution >= 4 is 33.7 Å². The van der Waals surface area contributed by atoms with Crippen LogP contribution in [0.15, 0.2) is 66.7 Å². The van der Waals surface area contributed by atoms with Crippen molar-refractivity contribution in [2.75, 3.05) is 6.61 Å². The van der Waals surface area contributed by atoms with Crippen molar-refractivity contribution in [2.24, 2.45) is 0 Å². The van der Waals surface area contributed by atoms with Gasteiger partial charge in [0.25, 0.3) is 0 Å². The molecule has 0 aliphatic rings. The summed E-state index contributed by atoms with van der Waals surface area (Å²) in [6, 6.07) is 21.9. The molecule has 0 aliphatic heterocycles. The number of halogens is 3. The van der Waals surface area contributed by atoms with Crippen LogP contribution >= 0.6 is 11.3 Å². The van der Waals surface area contributed by atoms with E-state index >= 15 is 0 Å². The molecule has 4 aromatic rings. The van der Waals surface area contributed by atoms with E-state index in [1.54, 1.807) is 23.5 Å². The molecule has 3 aromatic carbocycles. The molecule has 0 saturated carbocycles. The average molecular weight is 454 g/mol. The minimum atomic E-state index is -4.14. The van der Waals surface area contributed by atoms with E-state index in [1.807, 2.05) is 24.3 Å². The third-order valence-electron chi connectivity index (χ3n) is 4.92. The lowest BCUT2D eigenvalue weighted by Gasteiger charge is -2.08. The number of hydrogen-bond donors (Lipinski definition) is 0. The monoisotopic (exact) mass is 453 g/mol. The van der Waals surface area contributed by atoms with Crippen LogP contribution in [0.1, 0.15) is 29.5 Å². The second kappa shape index (κ2) is 9.57. The van der Waals surface area contributed by atoms with Gasteiger partial charge >= 0.3 is 6.18 Å². The molecule has 0 radical (unpaired) electrons. The van der Waals surface area contributed by atoms with Crippen molar-refractivity contribution in [1.29, 1.82) is 0 Å². The SMILES string of the molecule is Cc1ccc2nc(-c3ccc(/C=C/c4ccc(OCCCC(F)(F)F)cc4)cc3)sc2c1. The van der Waals surface area contributed by atoms with Crippen LogP contribution in [-0.4, -0.2) is 17.8 Å². The number of benzene rings is 3. The molecule has 0 atom stereocenters. The van der Waals surface area contributed by atoms with Crippen molar-refractivity contribution in [3.05, 3.63) is 83.4 Å². The smallest absolute Gasteiger partial charge is 0.389 e. The standard InChI is InChI=1S/C26H22F3NOS/c1-18-3-14-23-24(17-18)32-25(30-23)21-10-6-19(7-11-21)4-5-20-8-12-22(13-9-20)31-16-2-15-26(27,28)29/h3-14,17H,2,15-16H2,1H3/b5-4+. The summed E-state index contributed by atoms with van der Waals surface area (Å²) < 4.78 is 43.0. The molecule has 0 N–H and O–H groups in total. The number of aromatic nitrogens is 1. The highest BCUT2D eigenvalue weighted by Crippen LogP contribution is 2.31. The molecule has 164 valence electrons. The molecule has 0 saturated heterocycles. The quantitative estimate of drug-likeness (QED) is 0.208. The zero-order valence-electron chi connectivity index (χ0n) is 17.5. The lowest BCUT2D eigenvalue weighted by atomic mass is 10.1. The van der Waals surface area contributed by atoms with Gasteiger partial charge in [0.15, 0.2) is 0 Å². The van der Waals surface area contributed by atoms with Crippen molar-refractivity contribution in [1.82, 2.24) is 4.98 Å². The number of nitrogens with zero attached hydrogens (tertiary/aromatic N) is 1. The summed E-state index contributed by atoms with van der Waals surface area (Å²) in [5.41, 5.74) is 5.39. The summed E-state index contributed by atoms with van der Waals surface area (Å²) in [7, 11) is 0. The second-order valence-corrected chi connectivity index (χ2v) is 8.61. The van der Waals surface area contributed by atoms with Crippen LogP contribution < -0.4 is 4.74 Å². The predicted octanol–water partition coefficient (Wildman–Crippen LogP) is 8.16. The number of fused-ring (bicyclic) bond motifs is 1. The van der Waals surface area contributed by atoms with Crippen LogP contribution in [0.5, 0.6) is 5.75 Å². The Bertz CT molecular complexity index is 1210. The molecule has 1 heterocycles. The Kier molecular flexibility index (Phi) is 6.61. The van der Waals surface area contributed by atoms with Crippen LogP contribution in [-0.2, 0) is 0 Å². The van der Waals surface area contributed by atoms with Crippen molar-refractivity contribution in [3.8, 4) is 16.3 Å². The number of hydrogen-bond acceptors (Lipinski definition) is 3. The number of ether oxygens (including phenoxy) is 1. The molecule has 0 aliphatic carbocycles. The van der Waals surface area contributed by atoms with E-state index in [0.717, 1.165) is 27.2 Å². The summed E-state index contributed by atoms with van der Waals surface area (Å²) in [6.07, 6.45) is -1.000. The zero-order chi connectivity index (χ0) is 22.6. The van der Waals surface area contributed by atoms with E-state index in [-0.39, 0.29) is 13.0 Å². The molecule has 0 unspecified atom stereocenters. The fourth-order valence-electron chi connectivity index (χ4n) is 3.22. The van der Waals surface area contributed by atoms with Crippen molar-refractivity contribution < 1.29 is 17.9 Å². The largest absolute Gasteiger partial charge is 0.494 e. The fourth-order valence-corrected chi connectivity index (χ4v) is 4.29. The first-order chi connectivity index (χ1) is 15.4. The van der Waals surface area contributed by atoms with Gasteiger partial charge in [0, 0.05) is 12.0 Å². The van der Waals surface area contributed by atoms with Gasteiger partial charge in [-0.1, -0.05) is 54.6 Å². The maximum Gasteiger partial charge on any atom is 0.389 e. The Morgan fingerprint density at radius 1 is 0.906 bits per heavy atom. The predicted molar refractivity (Wildman–Crippen MR) is 126 cm³/mol. The molecule has 0 spiro atoms. The first kappa shape index (κ1) is 22.1. The number of thiazole rings is 1. The molecule has 2 nitrogen and oxygen atoms in total. The van der Waals surface area contributed by atoms with Crippen molar-refractivity contribution in [3.63, 3.8) is 0 Å². The Labute approximate surface area is 189 Å². The molecular weight excluding hydrogens is 431 g/mol. The van der Waals surface area contributed by atoms with Crippen LogP contribution in [0.2, 0.25) is 0 Å². The fraction of sp³-hybridized carbons (Fsp3) is 0.192. The van der Waals surface area contributed by atoms with E-state index in [0.29, 0.717) is 5.75 Å². The Morgan fingerprint density at radius 2 is 1.56 bits per heavy atom. The molecule has 4 rings (SSSR count). The summed E-state index contributed by atoms with van der Waals surface area (Å²) in [6.45, 7) is 2.13. The molecular formula is C26H22F3NOS.